The number of nitrogens with one attached hydrogen (secondary N) is 2. The summed E-state index contributed by atoms with van der Waals surface area (Å²) in [5.74, 6) is -0.0223. The summed E-state index contributed by atoms with van der Waals surface area (Å²) in [6, 6.07) is 15.3. The van der Waals surface area contributed by atoms with E-state index in [2.05, 4.69) is 31.4 Å². The highest BCUT2D eigenvalue weighted by Crippen LogP contribution is 2.22. The summed E-state index contributed by atoms with van der Waals surface area (Å²) >= 11 is 0. The Hall–Kier alpha value is -2.66. The molecule has 0 aromatic heterocycles. The number of rotatable bonds is 4. The summed E-state index contributed by atoms with van der Waals surface area (Å²) in [7, 11) is 0. The van der Waals surface area contributed by atoms with Gasteiger partial charge in [-0.3, -0.25) is 9.59 Å². The molecule has 0 atom stereocenters. The van der Waals surface area contributed by atoms with Crippen LogP contribution in [0.4, 0.5) is 0 Å². The van der Waals surface area contributed by atoms with Crippen molar-refractivity contribution in [2.75, 3.05) is 26.2 Å². The van der Waals surface area contributed by atoms with E-state index >= 15 is 0 Å². The Balaban J connectivity index is 1.55. The lowest BCUT2D eigenvalue weighted by atomic mass is 9.87. The Morgan fingerprint density at radius 3 is 2.24 bits per heavy atom. The van der Waals surface area contributed by atoms with E-state index in [1.165, 1.54) is 5.56 Å². The lowest BCUT2D eigenvalue weighted by Gasteiger charge is -2.20. The molecular weight excluding hydrogens is 362 g/mol. The van der Waals surface area contributed by atoms with Crippen LogP contribution in [0.25, 0.3) is 0 Å². The highest BCUT2D eigenvalue weighted by atomic mass is 16.2. The zero-order chi connectivity index (χ0) is 20.9. The average molecular weight is 394 g/mol. The Kier molecular flexibility index (Phi) is 6.70. The first-order chi connectivity index (χ1) is 13.8. The fraction of sp³-hybridized carbons (Fsp3) is 0.417. The first-order valence-corrected chi connectivity index (χ1v) is 10.3. The molecule has 2 amide bonds. The van der Waals surface area contributed by atoms with E-state index in [-0.39, 0.29) is 17.2 Å². The summed E-state index contributed by atoms with van der Waals surface area (Å²) < 4.78 is 0. The Bertz CT molecular complexity index is 828. The largest absolute Gasteiger partial charge is 0.348 e. The molecule has 1 aliphatic rings. The third-order valence-corrected chi connectivity index (χ3v) is 5.29. The number of carbonyl (C=O) groups is 2. The van der Waals surface area contributed by atoms with Crippen LogP contribution >= 0.6 is 0 Å². The normalized spacial score (nSPS) is 14.9. The van der Waals surface area contributed by atoms with Gasteiger partial charge in [0.25, 0.3) is 11.8 Å². The maximum absolute atomic E-state index is 12.6. The molecule has 29 heavy (non-hydrogen) atoms. The van der Waals surface area contributed by atoms with Gasteiger partial charge in [-0.2, -0.15) is 0 Å². The molecule has 5 heteroatoms. The van der Waals surface area contributed by atoms with E-state index < -0.39 is 0 Å². The molecule has 154 valence electrons. The summed E-state index contributed by atoms with van der Waals surface area (Å²) in [6.07, 6.45) is 0.979. The topological polar surface area (TPSA) is 61.4 Å². The maximum Gasteiger partial charge on any atom is 0.253 e. The van der Waals surface area contributed by atoms with Crippen molar-refractivity contribution in [2.45, 2.75) is 39.2 Å². The minimum absolute atomic E-state index is 0.0675. The number of hydrogen-bond donors (Lipinski definition) is 2. The lowest BCUT2D eigenvalue weighted by Crippen LogP contribution is -2.34. The van der Waals surface area contributed by atoms with Gasteiger partial charge in [-0.05, 0) is 53.8 Å². The van der Waals surface area contributed by atoms with Gasteiger partial charge < -0.3 is 15.5 Å². The molecule has 2 aromatic rings. The van der Waals surface area contributed by atoms with Gasteiger partial charge in [0.05, 0.1) is 0 Å². The van der Waals surface area contributed by atoms with Crippen LogP contribution in [0.5, 0.6) is 0 Å². The van der Waals surface area contributed by atoms with Gasteiger partial charge in [-0.25, -0.2) is 0 Å². The zero-order valence-corrected chi connectivity index (χ0v) is 17.6. The summed E-state index contributed by atoms with van der Waals surface area (Å²) in [5.41, 5.74) is 3.59. The molecule has 0 saturated carbocycles. The molecule has 1 saturated heterocycles. The van der Waals surface area contributed by atoms with Crippen molar-refractivity contribution in [1.29, 1.82) is 0 Å². The average Bonchev–Trinajstić information content (AvgIpc) is 3.01. The smallest absolute Gasteiger partial charge is 0.253 e. The van der Waals surface area contributed by atoms with Crippen LogP contribution in [-0.2, 0) is 12.0 Å². The molecule has 1 aliphatic heterocycles. The van der Waals surface area contributed by atoms with Crippen LogP contribution < -0.4 is 10.6 Å². The number of nitrogens with zero attached hydrogens (tertiary/aromatic N) is 1. The molecule has 0 unspecified atom stereocenters. The molecule has 0 bridgehead atoms. The number of hydrogen-bond acceptors (Lipinski definition) is 3. The first kappa shape index (κ1) is 21.1. The van der Waals surface area contributed by atoms with E-state index in [0.29, 0.717) is 17.7 Å². The lowest BCUT2D eigenvalue weighted by molar-refractivity contribution is 0.0766. The van der Waals surface area contributed by atoms with Crippen LogP contribution in [0.15, 0.2) is 48.5 Å². The van der Waals surface area contributed by atoms with Crippen LogP contribution in [0.3, 0.4) is 0 Å². The Morgan fingerprint density at radius 1 is 0.931 bits per heavy atom. The SMILES string of the molecule is CC(C)(C)c1ccc(C(=O)NCc2ccc(C(=O)N3CCCNCC3)cc2)cc1. The Morgan fingerprint density at radius 2 is 1.59 bits per heavy atom. The standard InChI is InChI=1S/C24H31N3O2/c1-24(2,3)21-11-9-19(10-12-21)22(28)26-17-18-5-7-20(8-6-18)23(29)27-15-4-13-25-14-16-27/h5-12,25H,4,13-17H2,1-3H3,(H,26,28). The van der Waals surface area contributed by atoms with E-state index in [4.69, 9.17) is 0 Å². The van der Waals surface area contributed by atoms with Crippen LogP contribution in [0, 0.1) is 0 Å². The van der Waals surface area contributed by atoms with Gasteiger partial charge in [-0.1, -0.05) is 45.0 Å². The van der Waals surface area contributed by atoms with Crippen molar-refractivity contribution in [2.24, 2.45) is 0 Å². The molecule has 2 N–H and O–H groups in total. The molecule has 2 aromatic carbocycles. The van der Waals surface area contributed by atoms with Gasteiger partial charge >= 0.3 is 0 Å². The maximum atomic E-state index is 12.6. The van der Waals surface area contributed by atoms with Gasteiger partial charge in [0.15, 0.2) is 0 Å². The molecule has 5 nitrogen and oxygen atoms in total. The number of carbonyl (C=O) groups excluding carboxylic acids is 2. The van der Waals surface area contributed by atoms with Crippen LogP contribution in [0.1, 0.15) is 59.0 Å². The van der Waals surface area contributed by atoms with E-state index in [1.54, 1.807) is 0 Å². The second kappa shape index (κ2) is 9.23. The number of amides is 2. The van der Waals surface area contributed by atoms with Crippen molar-refractivity contribution in [3.63, 3.8) is 0 Å². The van der Waals surface area contributed by atoms with Crippen LogP contribution in [0.2, 0.25) is 0 Å². The summed E-state index contributed by atoms with van der Waals surface area (Å²) in [5, 5.41) is 6.26. The molecule has 3 rings (SSSR count). The molecular formula is C24H31N3O2. The Labute approximate surface area is 173 Å². The predicted molar refractivity (Wildman–Crippen MR) is 116 cm³/mol. The predicted octanol–water partition coefficient (Wildman–Crippen LogP) is 3.35. The van der Waals surface area contributed by atoms with Crippen molar-refractivity contribution in [1.82, 2.24) is 15.5 Å². The van der Waals surface area contributed by atoms with E-state index in [9.17, 15) is 9.59 Å². The van der Waals surface area contributed by atoms with Crippen molar-refractivity contribution < 1.29 is 9.59 Å². The third kappa shape index (κ3) is 5.67. The highest BCUT2D eigenvalue weighted by Gasteiger charge is 2.17. The molecule has 1 heterocycles. The van der Waals surface area contributed by atoms with Crippen molar-refractivity contribution >= 4 is 11.8 Å². The van der Waals surface area contributed by atoms with Crippen molar-refractivity contribution in [3.8, 4) is 0 Å². The van der Waals surface area contributed by atoms with Gasteiger partial charge in [0.2, 0.25) is 0 Å². The number of benzene rings is 2. The van der Waals surface area contributed by atoms with Gasteiger partial charge in [0.1, 0.15) is 0 Å². The van der Waals surface area contributed by atoms with Crippen LogP contribution in [-0.4, -0.2) is 42.9 Å². The third-order valence-electron chi connectivity index (χ3n) is 5.29. The zero-order valence-electron chi connectivity index (χ0n) is 17.6. The first-order valence-electron chi connectivity index (χ1n) is 10.3. The second-order valence-corrected chi connectivity index (χ2v) is 8.60. The van der Waals surface area contributed by atoms with E-state index in [0.717, 1.165) is 38.2 Å². The minimum atomic E-state index is -0.0947. The van der Waals surface area contributed by atoms with E-state index in [1.807, 2.05) is 53.4 Å². The molecule has 0 radical (unpaired) electrons. The molecule has 0 spiro atoms. The van der Waals surface area contributed by atoms with Gasteiger partial charge in [-0.15, -0.1) is 0 Å². The summed E-state index contributed by atoms with van der Waals surface area (Å²) in [6.45, 7) is 10.2. The molecule has 1 fully saturated rings. The van der Waals surface area contributed by atoms with Gasteiger partial charge in [0, 0.05) is 37.3 Å². The summed E-state index contributed by atoms with van der Waals surface area (Å²) in [4.78, 5) is 27.0. The monoisotopic (exact) mass is 393 g/mol. The van der Waals surface area contributed by atoms with Crippen molar-refractivity contribution in [3.05, 3.63) is 70.8 Å². The quantitative estimate of drug-likeness (QED) is 0.837. The highest BCUT2D eigenvalue weighted by molar-refractivity contribution is 5.95. The fourth-order valence-electron chi connectivity index (χ4n) is 3.40. The fourth-order valence-corrected chi connectivity index (χ4v) is 3.40. The molecule has 0 aliphatic carbocycles. The minimum Gasteiger partial charge on any atom is -0.348 e. The second-order valence-electron chi connectivity index (χ2n) is 8.60.